The van der Waals surface area contributed by atoms with Crippen LogP contribution in [0.4, 0.5) is 5.82 Å². The van der Waals surface area contributed by atoms with Crippen LogP contribution in [0, 0.1) is 0 Å². The van der Waals surface area contributed by atoms with Crippen LogP contribution >= 0.6 is 0 Å². The van der Waals surface area contributed by atoms with Crippen LogP contribution in [0.2, 0.25) is 0 Å². The second-order valence-corrected chi connectivity index (χ2v) is 5.81. The Morgan fingerprint density at radius 1 is 1.48 bits per heavy atom. The van der Waals surface area contributed by atoms with E-state index in [-0.39, 0.29) is 18.1 Å². The van der Waals surface area contributed by atoms with Crippen LogP contribution in [-0.4, -0.2) is 60.7 Å². The molecule has 6 nitrogen and oxygen atoms in total. The number of nitrogens with zero attached hydrogens (tertiary/aromatic N) is 2. The number of anilines is 1. The third-order valence-corrected chi connectivity index (χ3v) is 4.22. The normalized spacial score (nSPS) is 29.0. The van der Waals surface area contributed by atoms with Crippen molar-refractivity contribution in [1.82, 2.24) is 15.2 Å². The molecule has 2 fully saturated rings. The van der Waals surface area contributed by atoms with E-state index < -0.39 is 0 Å². The summed E-state index contributed by atoms with van der Waals surface area (Å²) >= 11 is 0. The van der Waals surface area contributed by atoms with Gasteiger partial charge in [-0.1, -0.05) is 0 Å². The van der Waals surface area contributed by atoms with Crippen molar-refractivity contribution in [1.29, 1.82) is 0 Å². The van der Waals surface area contributed by atoms with E-state index in [0.29, 0.717) is 17.4 Å². The highest BCUT2D eigenvalue weighted by molar-refractivity contribution is 5.98. The van der Waals surface area contributed by atoms with Crippen LogP contribution in [0.3, 0.4) is 0 Å². The standard InChI is InChI=1S/C15H22N4O2/c1-10-7-19-8-11(6-12(19)9-21-10)18-15(20)13-4-3-5-17-14(13)16-2/h3-5,10-12H,6-9H2,1-2H3,(H,16,17)(H,18,20)/t10-,11+,12-/m0/s1. The van der Waals surface area contributed by atoms with Crippen molar-refractivity contribution in [3.8, 4) is 0 Å². The molecule has 114 valence electrons. The number of ether oxygens (including phenoxy) is 1. The molecule has 0 aromatic carbocycles. The van der Waals surface area contributed by atoms with Crippen molar-refractivity contribution in [3.05, 3.63) is 23.9 Å². The van der Waals surface area contributed by atoms with Gasteiger partial charge in [-0.2, -0.15) is 0 Å². The molecule has 0 saturated carbocycles. The highest BCUT2D eigenvalue weighted by Crippen LogP contribution is 2.23. The Morgan fingerprint density at radius 2 is 2.33 bits per heavy atom. The summed E-state index contributed by atoms with van der Waals surface area (Å²) in [5.41, 5.74) is 0.592. The first-order valence-corrected chi connectivity index (χ1v) is 7.46. The summed E-state index contributed by atoms with van der Waals surface area (Å²) in [5, 5.41) is 6.08. The Bertz CT molecular complexity index is 522. The molecule has 3 rings (SSSR count). The van der Waals surface area contributed by atoms with E-state index in [1.54, 1.807) is 25.4 Å². The van der Waals surface area contributed by atoms with Crippen molar-refractivity contribution in [2.24, 2.45) is 0 Å². The number of pyridine rings is 1. The van der Waals surface area contributed by atoms with Gasteiger partial charge in [0.1, 0.15) is 5.82 Å². The SMILES string of the molecule is CNc1ncccc1C(=O)N[C@@H]1C[C@H]2CO[C@@H](C)CN2C1. The average molecular weight is 290 g/mol. The molecular formula is C15H22N4O2. The zero-order chi connectivity index (χ0) is 14.8. The third-order valence-electron chi connectivity index (χ3n) is 4.22. The van der Waals surface area contributed by atoms with Crippen molar-refractivity contribution in [3.63, 3.8) is 0 Å². The van der Waals surface area contributed by atoms with Gasteiger partial charge in [0, 0.05) is 38.4 Å². The molecule has 2 saturated heterocycles. The van der Waals surface area contributed by atoms with Crippen LogP contribution in [-0.2, 0) is 4.74 Å². The lowest BCUT2D eigenvalue weighted by Gasteiger charge is -2.33. The molecule has 2 aliphatic heterocycles. The summed E-state index contributed by atoms with van der Waals surface area (Å²) in [6.07, 6.45) is 2.91. The van der Waals surface area contributed by atoms with E-state index >= 15 is 0 Å². The van der Waals surface area contributed by atoms with Crippen LogP contribution in [0.5, 0.6) is 0 Å². The third kappa shape index (κ3) is 3.01. The van der Waals surface area contributed by atoms with Crippen LogP contribution in [0.15, 0.2) is 18.3 Å². The predicted molar refractivity (Wildman–Crippen MR) is 80.4 cm³/mol. The van der Waals surface area contributed by atoms with E-state index in [0.717, 1.165) is 26.1 Å². The number of aromatic nitrogens is 1. The Kier molecular flexibility index (Phi) is 4.07. The summed E-state index contributed by atoms with van der Waals surface area (Å²) in [4.78, 5) is 19.0. The van der Waals surface area contributed by atoms with Gasteiger partial charge in [-0.3, -0.25) is 9.69 Å². The summed E-state index contributed by atoms with van der Waals surface area (Å²) in [6.45, 7) is 4.71. The molecule has 0 aliphatic carbocycles. The van der Waals surface area contributed by atoms with Gasteiger partial charge in [-0.15, -0.1) is 0 Å². The first-order valence-electron chi connectivity index (χ1n) is 7.46. The molecule has 0 unspecified atom stereocenters. The number of amides is 1. The van der Waals surface area contributed by atoms with Gasteiger partial charge >= 0.3 is 0 Å². The molecular weight excluding hydrogens is 268 g/mol. The van der Waals surface area contributed by atoms with Crippen molar-refractivity contribution >= 4 is 11.7 Å². The first-order chi connectivity index (χ1) is 10.2. The lowest BCUT2D eigenvalue weighted by molar-refractivity contribution is -0.0390. The smallest absolute Gasteiger partial charge is 0.255 e. The molecule has 1 aromatic rings. The van der Waals surface area contributed by atoms with E-state index in [1.807, 2.05) is 0 Å². The Balaban J connectivity index is 1.63. The fourth-order valence-electron chi connectivity index (χ4n) is 3.19. The number of nitrogens with one attached hydrogen (secondary N) is 2. The summed E-state index contributed by atoms with van der Waals surface area (Å²) in [5.74, 6) is 0.550. The van der Waals surface area contributed by atoms with Gasteiger partial charge < -0.3 is 15.4 Å². The quantitative estimate of drug-likeness (QED) is 0.858. The first kappa shape index (κ1) is 14.3. The summed E-state index contributed by atoms with van der Waals surface area (Å²) in [6, 6.07) is 4.19. The van der Waals surface area contributed by atoms with Gasteiger partial charge in [0.05, 0.1) is 18.3 Å². The van der Waals surface area contributed by atoms with Crippen LogP contribution in [0.1, 0.15) is 23.7 Å². The molecule has 3 atom stereocenters. The fraction of sp³-hybridized carbons (Fsp3) is 0.600. The minimum atomic E-state index is -0.0636. The Labute approximate surface area is 124 Å². The molecule has 1 aromatic heterocycles. The fourth-order valence-corrected chi connectivity index (χ4v) is 3.19. The molecule has 3 heterocycles. The minimum absolute atomic E-state index is 0.0636. The zero-order valence-electron chi connectivity index (χ0n) is 12.5. The molecule has 0 radical (unpaired) electrons. The zero-order valence-corrected chi connectivity index (χ0v) is 12.5. The number of rotatable bonds is 3. The highest BCUT2D eigenvalue weighted by Gasteiger charge is 2.36. The molecule has 6 heteroatoms. The van der Waals surface area contributed by atoms with Gasteiger partial charge in [0.2, 0.25) is 0 Å². The maximum atomic E-state index is 12.4. The maximum absolute atomic E-state index is 12.4. The van der Waals surface area contributed by atoms with E-state index in [9.17, 15) is 4.79 Å². The Morgan fingerprint density at radius 3 is 3.14 bits per heavy atom. The topological polar surface area (TPSA) is 66.5 Å². The molecule has 2 aliphatic rings. The largest absolute Gasteiger partial charge is 0.376 e. The van der Waals surface area contributed by atoms with Crippen molar-refractivity contribution < 1.29 is 9.53 Å². The maximum Gasteiger partial charge on any atom is 0.255 e. The summed E-state index contributed by atoms with van der Waals surface area (Å²) < 4.78 is 5.69. The van der Waals surface area contributed by atoms with Gasteiger partial charge in [-0.25, -0.2) is 4.98 Å². The second kappa shape index (κ2) is 5.99. The number of hydrogen-bond acceptors (Lipinski definition) is 5. The van der Waals surface area contributed by atoms with Crippen LogP contribution in [0.25, 0.3) is 0 Å². The monoisotopic (exact) mass is 290 g/mol. The molecule has 21 heavy (non-hydrogen) atoms. The molecule has 0 spiro atoms. The van der Waals surface area contributed by atoms with Gasteiger partial charge in [0.15, 0.2) is 0 Å². The average Bonchev–Trinajstić information content (AvgIpc) is 2.88. The van der Waals surface area contributed by atoms with Gasteiger partial charge in [-0.05, 0) is 25.5 Å². The number of hydrogen-bond donors (Lipinski definition) is 2. The highest BCUT2D eigenvalue weighted by atomic mass is 16.5. The van der Waals surface area contributed by atoms with E-state index in [4.69, 9.17) is 4.74 Å². The molecule has 0 bridgehead atoms. The number of carbonyl (C=O) groups is 1. The predicted octanol–water partition coefficient (Wildman–Crippen LogP) is 0.715. The minimum Gasteiger partial charge on any atom is -0.376 e. The Hall–Kier alpha value is -1.66. The van der Waals surface area contributed by atoms with E-state index in [1.165, 1.54) is 0 Å². The van der Waals surface area contributed by atoms with Crippen molar-refractivity contribution in [2.75, 3.05) is 32.1 Å². The van der Waals surface area contributed by atoms with Crippen molar-refractivity contribution in [2.45, 2.75) is 31.5 Å². The lowest BCUT2D eigenvalue weighted by Crippen LogP contribution is -2.45. The van der Waals surface area contributed by atoms with E-state index in [2.05, 4.69) is 27.4 Å². The van der Waals surface area contributed by atoms with Gasteiger partial charge in [0.25, 0.3) is 5.91 Å². The molecule has 2 N–H and O–H groups in total. The second-order valence-electron chi connectivity index (χ2n) is 5.81. The van der Waals surface area contributed by atoms with Crippen LogP contribution < -0.4 is 10.6 Å². The summed E-state index contributed by atoms with van der Waals surface area (Å²) in [7, 11) is 1.77. The lowest BCUT2D eigenvalue weighted by atomic mass is 10.1. The number of fused-ring (bicyclic) bond motifs is 1. The number of carbonyl (C=O) groups excluding carboxylic acids is 1. The molecule has 1 amide bonds. The number of morpholine rings is 1.